The van der Waals surface area contributed by atoms with Crippen LogP contribution in [0.3, 0.4) is 0 Å². The number of nitrogens with one attached hydrogen (secondary N) is 1. The van der Waals surface area contributed by atoms with Gasteiger partial charge in [-0.3, -0.25) is 14.6 Å². The monoisotopic (exact) mass is 263 g/mol. The summed E-state index contributed by atoms with van der Waals surface area (Å²) in [6, 6.07) is 2.72. The molecule has 0 aromatic carbocycles. The highest BCUT2D eigenvalue weighted by Gasteiger charge is 2.20. The quantitative estimate of drug-likeness (QED) is 0.766. The first kappa shape index (κ1) is 13.0. The fraction of sp³-hybridized carbons (Fsp3) is 0.333. The number of rotatable bonds is 2. The Kier molecular flexibility index (Phi) is 3.74. The molecular formula is C12H13N3O4. The molecule has 0 bridgehead atoms. The van der Waals surface area contributed by atoms with Crippen molar-refractivity contribution < 1.29 is 19.5 Å². The topological polar surface area (TPSA) is 99.6 Å². The van der Waals surface area contributed by atoms with Crippen molar-refractivity contribution in [3.63, 3.8) is 0 Å². The van der Waals surface area contributed by atoms with Crippen molar-refractivity contribution in [2.75, 3.05) is 19.6 Å². The van der Waals surface area contributed by atoms with Gasteiger partial charge in [-0.1, -0.05) is 0 Å². The number of nitrogens with zero attached hydrogens (tertiary/aromatic N) is 2. The normalized spacial score (nSPS) is 15.6. The summed E-state index contributed by atoms with van der Waals surface area (Å²) in [6.07, 6.45) is 1.41. The summed E-state index contributed by atoms with van der Waals surface area (Å²) >= 11 is 0. The van der Waals surface area contributed by atoms with Gasteiger partial charge in [-0.05, 0) is 12.1 Å². The molecule has 1 aliphatic rings. The van der Waals surface area contributed by atoms with Crippen LogP contribution < -0.4 is 5.32 Å². The largest absolute Gasteiger partial charge is 0.478 e. The van der Waals surface area contributed by atoms with Gasteiger partial charge < -0.3 is 15.3 Å². The third-order valence-corrected chi connectivity index (χ3v) is 2.83. The minimum atomic E-state index is -1.09. The minimum absolute atomic E-state index is 0.0317. The summed E-state index contributed by atoms with van der Waals surface area (Å²) in [5.41, 5.74) is 0.212. The number of amides is 2. The summed E-state index contributed by atoms with van der Waals surface area (Å²) in [4.78, 5) is 39.4. The third-order valence-electron chi connectivity index (χ3n) is 2.83. The summed E-state index contributed by atoms with van der Waals surface area (Å²) in [7, 11) is 0. The first-order valence-electron chi connectivity index (χ1n) is 5.83. The molecule has 0 saturated carbocycles. The Balaban J connectivity index is 2.10. The van der Waals surface area contributed by atoms with E-state index in [0.29, 0.717) is 19.6 Å². The highest BCUT2D eigenvalue weighted by atomic mass is 16.4. The average Bonchev–Trinajstić information content (AvgIpc) is 2.63. The maximum atomic E-state index is 12.1. The molecule has 1 aromatic rings. The van der Waals surface area contributed by atoms with Crippen LogP contribution in [-0.4, -0.2) is 52.4 Å². The van der Waals surface area contributed by atoms with E-state index in [1.54, 1.807) is 0 Å². The molecule has 2 N–H and O–H groups in total. The Labute approximate surface area is 109 Å². The molecule has 1 saturated heterocycles. The fourth-order valence-corrected chi connectivity index (χ4v) is 1.78. The molecular weight excluding hydrogens is 250 g/mol. The van der Waals surface area contributed by atoms with Gasteiger partial charge in [-0.2, -0.15) is 0 Å². The first-order valence-corrected chi connectivity index (χ1v) is 5.83. The van der Waals surface area contributed by atoms with E-state index in [1.165, 1.54) is 17.0 Å². The Bertz CT molecular complexity index is 512. The summed E-state index contributed by atoms with van der Waals surface area (Å²) in [5.74, 6) is -1.46. The van der Waals surface area contributed by atoms with E-state index < -0.39 is 5.97 Å². The molecule has 0 unspecified atom stereocenters. The molecule has 100 valence electrons. The zero-order valence-electron chi connectivity index (χ0n) is 10.1. The lowest BCUT2D eigenvalue weighted by atomic mass is 10.2. The molecule has 2 heterocycles. The second-order valence-corrected chi connectivity index (χ2v) is 4.13. The number of aromatic nitrogens is 1. The number of carbonyl (C=O) groups is 3. The molecule has 0 radical (unpaired) electrons. The molecule has 1 aromatic heterocycles. The van der Waals surface area contributed by atoms with Crippen LogP contribution in [0.15, 0.2) is 18.3 Å². The van der Waals surface area contributed by atoms with Crippen LogP contribution in [0.25, 0.3) is 0 Å². The smallest absolute Gasteiger partial charge is 0.337 e. The van der Waals surface area contributed by atoms with Gasteiger partial charge in [0, 0.05) is 32.3 Å². The van der Waals surface area contributed by atoms with Crippen molar-refractivity contribution in [2.45, 2.75) is 6.42 Å². The van der Waals surface area contributed by atoms with Crippen LogP contribution in [0.4, 0.5) is 0 Å². The molecule has 0 atom stereocenters. The van der Waals surface area contributed by atoms with Crippen molar-refractivity contribution in [3.05, 3.63) is 29.6 Å². The first-order chi connectivity index (χ1) is 9.08. The van der Waals surface area contributed by atoms with Crippen LogP contribution in [0.5, 0.6) is 0 Å². The molecule has 0 spiro atoms. The maximum absolute atomic E-state index is 12.1. The summed E-state index contributed by atoms with van der Waals surface area (Å²) < 4.78 is 0. The van der Waals surface area contributed by atoms with Crippen molar-refractivity contribution in [1.29, 1.82) is 0 Å². The van der Waals surface area contributed by atoms with Crippen molar-refractivity contribution in [1.82, 2.24) is 15.2 Å². The van der Waals surface area contributed by atoms with E-state index in [9.17, 15) is 14.4 Å². The lowest BCUT2D eigenvalue weighted by molar-refractivity contribution is -0.120. The second kappa shape index (κ2) is 5.47. The molecule has 2 amide bonds. The lowest BCUT2D eigenvalue weighted by Gasteiger charge is -2.18. The van der Waals surface area contributed by atoms with Gasteiger partial charge in [-0.15, -0.1) is 0 Å². The van der Waals surface area contributed by atoms with E-state index in [1.807, 2.05) is 0 Å². The highest BCUT2D eigenvalue weighted by molar-refractivity contribution is 5.94. The van der Waals surface area contributed by atoms with Crippen LogP contribution >= 0.6 is 0 Å². The second-order valence-electron chi connectivity index (χ2n) is 4.13. The van der Waals surface area contributed by atoms with Gasteiger partial charge in [0.15, 0.2) is 0 Å². The predicted molar refractivity (Wildman–Crippen MR) is 64.7 cm³/mol. The minimum Gasteiger partial charge on any atom is -0.478 e. The Morgan fingerprint density at radius 2 is 2.11 bits per heavy atom. The zero-order valence-corrected chi connectivity index (χ0v) is 10.1. The van der Waals surface area contributed by atoms with E-state index in [2.05, 4.69) is 10.3 Å². The van der Waals surface area contributed by atoms with Crippen LogP contribution in [0.1, 0.15) is 27.3 Å². The van der Waals surface area contributed by atoms with Gasteiger partial charge in [0.2, 0.25) is 5.91 Å². The standard InChI is InChI=1S/C12H13N3O4/c16-10-3-5-15(6-4-13-10)11(17)9-2-1-8(7-14-9)12(18)19/h1-2,7H,3-6H2,(H,13,16)(H,18,19). The number of pyridine rings is 1. The molecule has 19 heavy (non-hydrogen) atoms. The number of carbonyl (C=O) groups excluding carboxylic acids is 2. The molecule has 7 heteroatoms. The van der Waals surface area contributed by atoms with Gasteiger partial charge in [-0.25, -0.2) is 4.79 Å². The molecule has 2 rings (SSSR count). The van der Waals surface area contributed by atoms with E-state index >= 15 is 0 Å². The third kappa shape index (κ3) is 3.06. The maximum Gasteiger partial charge on any atom is 0.337 e. The van der Waals surface area contributed by atoms with Gasteiger partial charge in [0.05, 0.1) is 5.56 Å². The van der Waals surface area contributed by atoms with E-state index in [4.69, 9.17) is 5.11 Å². The van der Waals surface area contributed by atoms with E-state index in [0.717, 1.165) is 6.20 Å². The van der Waals surface area contributed by atoms with Crippen LogP contribution in [-0.2, 0) is 4.79 Å². The number of hydrogen-bond donors (Lipinski definition) is 2. The van der Waals surface area contributed by atoms with Gasteiger partial charge in [0.1, 0.15) is 5.69 Å². The van der Waals surface area contributed by atoms with E-state index in [-0.39, 0.29) is 29.5 Å². The average molecular weight is 263 g/mol. The van der Waals surface area contributed by atoms with Crippen molar-refractivity contribution in [3.8, 4) is 0 Å². The summed E-state index contributed by atoms with van der Waals surface area (Å²) in [5, 5.41) is 11.4. The highest BCUT2D eigenvalue weighted by Crippen LogP contribution is 2.06. The van der Waals surface area contributed by atoms with Gasteiger partial charge >= 0.3 is 5.97 Å². The zero-order chi connectivity index (χ0) is 13.8. The Morgan fingerprint density at radius 3 is 2.74 bits per heavy atom. The Hall–Kier alpha value is -2.44. The number of carboxylic acids is 1. The number of hydrogen-bond acceptors (Lipinski definition) is 4. The predicted octanol–water partition coefficient (Wildman–Crippen LogP) is -0.258. The lowest BCUT2D eigenvalue weighted by Crippen LogP contribution is -2.34. The van der Waals surface area contributed by atoms with Crippen molar-refractivity contribution in [2.24, 2.45) is 0 Å². The Morgan fingerprint density at radius 1 is 1.32 bits per heavy atom. The summed E-state index contributed by atoms with van der Waals surface area (Å²) in [6.45, 7) is 1.18. The number of aromatic carboxylic acids is 1. The molecule has 7 nitrogen and oxygen atoms in total. The molecule has 0 aliphatic carbocycles. The SMILES string of the molecule is O=C1CCN(C(=O)c2ccc(C(=O)O)cn2)CCN1. The van der Waals surface area contributed by atoms with Gasteiger partial charge in [0.25, 0.3) is 5.91 Å². The van der Waals surface area contributed by atoms with Crippen molar-refractivity contribution >= 4 is 17.8 Å². The molecule has 1 aliphatic heterocycles. The number of carboxylic acid groups (broad SMARTS) is 1. The fourth-order valence-electron chi connectivity index (χ4n) is 1.78. The van der Waals surface area contributed by atoms with Crippen LogP contribution in [0.2, 0.25) is 0 Å². The van der Waals surface area contributed by atoms with Crippen LogP contribution in [0, 0.1) is 0 Å². The molecule has 1 fully saturated rings.